The Morgan fingerprint density at radius 3 is 3.38 bits per heavy atom. The first kappa shape index (κ1) is 11.3. The number of aromatic nitrogens is 2. The first-order valence-electron chi connectivity index (χ1n) is 5.23. The normalized spacial score (nSPS) is 20.8. The molecule has 88 valence electrons. The van der Waals surface area contributed by atoms with E-state index in [1.165, 1.54) is 17.9 Å². The summed E-state index contributed by atoms with van der Waals surface area (Å²) >= 11 is 1.30. The number of piperazine rings is 1. The predicted molar refractivity (Wildman–Crippen MR) is 60.5 cm³/mol. The van der Waals surface area contributed by atoms with Crippen molar-refractivity contribution in [3.63, 3.8) is 0 Å². The molecular formula is C9H14N4O2S. The van der Waals surface area contributed by atoms with Gasteiger partial charge in [0.1, 0.15) is 12.4 Å². The number of esters is 1. The van der Waals surface area contributed by atoms with Crippen molar-refractivity contribution in [2.45, 2.75) is 13.0 Å². The summed E-state index contributed by atoms with van der Waals surface area (Å²) in [6.07, 6.45) is 1.50. The molecule has 1 aliphatic heterocycles. The van der Waals surface area contributed by atoms with Crippen LogP contribution in [0.15, 0.2) is 6.33 Å². The Morgan fingerprint density at radius 1 is 1.81 bits per heavy atom. The average molecular weight is 242 g/mol. The molecule has 2 heterocycles. The number of rotatable bonds is 3. The Bertz CT molecular complexity index is 343. The summed E-state index contributed by atoms with van der Waals surface area (Å²) in [5.41, 5.74) is 0. The number of hydrogen-bond acceptors (Lipinski definition) is 7. The van der Waals surface area contributed by atoms with E-state index in [0.717, 1.165) is 18.2 Å². The van der Waals surface area contributed by atoms with E-state index in [0.29, 0.717) is 13.2 Å². The molecule has 1 aliphatic rings. The number of nitrogens with one attached hydrogen (secondary N) is 1. The van der Waals surface area contributed by atoms with Gasteiger partial charge >= 0.3 is 5.97 Å². The van der Waals surface area contributed by atoms with Crippen LogP contribution in [-0.4, -0.2) is 47.6 Å². The van der Waals surface area contributed by atoms with Crippen molar-refractivity contribution in [2.75, 3.05) is 31.1 Å². The maximum absolute atomic E-state index is 11.8. The van der Waals surface area contributed by atoms with Crippen LogP contribution in [-0.2, 0) is 9.53 Å². The molecule has 16 heavy (non-hydrogen) atoms. The Balaban J connectivity index is 2.11. The van der Waals surface area contributed by atoms with Crippen LogP contribution < -0.4 is 10.2 Å². The van der Waals surface area contributed by atoms with Crippen LogP contribution in [0.25, 0.3) is 0 Å². The van der Waals surface area contributed by atoms with Crippen molar-refractivity contribution in [3.05, 3.63) is 6.33 Å². The Morgan fingerprint density at radius 2 is 2.69 bits per heavy atom. The molecule has 0 bridgehead atoms. The Kier molecular flexibility index (Phi) is 3.68. The van der Waals surface area contributed by atoms with Crippen molar-refractivity contribution < 1.29 is 9.53 Å². The molecule has 6 nitrogen and oxygen atoms in total. The third-order valence-corrected chi connectivity index (χ3v) is 3.10. The highest BCUT2D eigenvalue weighted by molar-refractivity contribution is 7.09. The van der Waals surface area contributed by atoms with Crippen LogP contribution in [0.5, 0.6) is 0 Å². The zero-order chi connectivity index (χ0) is 11.4. The lowest BCUT2D eigenvalue weighted by molar-refractivity contribution is -0.144. The molecule has 7 heteroatoms. The van der Waals surface area contributed by atoms with Gasteiger partial charge in [0.2, 0.25) is 5.13 Å². The average Bonchev–Trinajstić information content (AvgIpc) is 2.83. The first-order chi connectivity index (χ1) is 7.83. The summed E-state index contributed by atoms with van der Waals surface area (Å²) in [5, 5.41) is 3.96. The van der Waals surface area contributed by atoms with Gasteiger partial charge in [0.15, 0.2) is 0 Å². The molecule has 1 atom stereocenters. The molecule has 0 saturated carbocycles. The maximum Gasteiger partial charge on any atom is 0.330 e. The Hall–Kier alpha value is -1.21. The molecule has 2 rings (SSSR count). The smallest absolute Gasteiger partial charge is 0.330 e. The summed E-state index contributed by atoms with van der Waals surface area (Å²) in [6.45, 7) is 4.40. The van der Waals surface area contributed by atoms with Gasteiger partial charge in [-0.2, -0.15) is 4.37 Å². The highest BCUT2D eigenvalue weighted by atomic mass is 32.1. The largest absolute Gasteiger partial charge is 0.464 e. The molecule has 1 aromatic heterocycles. The van der Waals surface area contributed by atoms with Gasteiger partial charge in [0.05, 0.1) is 6.61 Å². The van der Waals surface area contributed by atoms with Gasteiger partial charge < -0.3 is 15.0 Å². The van der Waals surface area contributed by atoms with Gasteiger partial charge in [-0.25, -0.2) is 9.78 Å². The van der Waals surface area contributed by atoms with Gasteiger partial charge in [-0.3, -0.25) is 0 Å². The van der Waals surface area contributed by atoms with Crippen LogP contribution >= 0.6 is 11.5 Å². The van der Waals surface area contributed by atoms with Crippen LogP contribution in [0.4, 0.5) is 5.13 Å². The van der Waals surface area contributed by atoms with Gasteiger partial charge in [-0.15, -0.1) is 0 Å². The second kappa shape index (κ2) is 5.22. The van der Waals surface area contributed by atoms with E-state index < -0.39 is 0 Å². The summed E-state index contributed by atoms with van der Waals surface area (Å²) in [4.78, 5) is 17.8. The second-order valence-corrected chi connectivity index (χ2v) is 4.15. The van der Waals surface area contributed by atoms with E-state index in [9.17, 15) is 4.79 Å². The summed E-state index contributed by atoms with van der Waals surface area (Å²) in [5.74, 6) is -0.204. The minimum atomic E-state index is -0.290. The fraction of sp³-hybridized carbons (Fsp3) is 0.667. The van der Waals surface area contributed by atoms with E-state index in [2.05, 4.69) is 14.7 Å². The zero-order valence-electron chi connectivity index (χ0n) is 9.05. The van der Waals surface area contributed by atoms with Crippen molar-refractivity contribution in [1.29, 1.82) is 0 Å². The topological polar surface area (TPSA) is 67.3 Å². The van der Waals surface area contributed by atoms with E-state index in [-0.39, 0.29) is 12.0 Å². The van der Waals surface area contributed by atoms with E-state index >= 15 is 0 Å². The van der Waals surface area contributed by atoms with Crippen molar-refractivity contribution in [2.24, 2.45) is 0 Å². The number of carbonyl (C=O) groups excluding carboxylic acids is 1. The molecule has 1 aromatic rings. The highest BCUT2D eigenvalue weighted by Gasteiger charge is 2.31. The van der Waals surface area contributed by atoms with E-state index in [1.54, 1.807) is 0 Å². The van der Waals surface area contributed by atoms with Gasteiger partial charge in [0.25, 0.3) is 0 Å². The molecule has 0 aliphatic carbocycles. The van der Waals surface area contributed by atoms with Gasteiger partial charge in [-0.1, -0.05) is 0 Å². The van der Waals surface area contributed by atoms with Crippen molar-refractivity contribution in [1.82, 2.24) is 14.7 Å². The van der Waals surface area contributed by atoms with E-state index in [4.69, 9.17) is 4.74 Å². The van der Waals surface area contributed by atoms with E-state index in [1.807, 2.05) is 11.8 Å². The summed E-state index contributed by atoms with van der Waals surface area (Å²) < 4.78 is 9.00. The monoisotopic (exact) mass is 242 g/mol. The molecule has 0 amide bonds. The standard InChI is InChI=1S/C9H14N4O2S/c1-2-15-8(14)7-5-10-3-4-13(7)9-11-6-12-16-9/h6-7,10H,2-5H2,1H3. The third-order valence-electron chi connectivity index (χ3n) is 2.40. The quantitative estimate of drug-likeness (QED) is 0.745. The lowest BCUT2D eigenvalue weighted by atomic mass is 10.2. The van der Waals surface area contributed by atoms with Gasteiger partial charge in [-0.05, 0) is 6.92 Å². The Labute approximate surface area is 97.8 Å². The first-order valence-corrected chi connectivity index (χ1v) is 6.01. The summed E-state index contributed by atoms with van der Waals surface area (Å²) in [7, 11) is 0. The second-order valence-electron chi connectivity index (χ2n) is 3.39. The zero-order valence-corrected chi connectivity index (χ0v) is 9.87. The third kappa shape index (κ3) is 2.30. The minimum absolute atomic E-state index is 0.204. The SMILES string of the molecule is CCOC(=O)C1CNCCN1c1ncns1. The van der Waals surface area contributed by atoms with Crippen molar-refractivity contribution >= 4 is 22.6 Å². The van der Waals surface area contributed by atoms with Crippen LogP contribution in [0.1, 0.15) is 6.92 Å². The van der Waals surface area contributed by atoms with Crippen LogP contribution in [0, 0.1) is 0 Å². The number of hydrogen-bond donors (Lipinski definition) is 1. The van der Waals surface area contributed by atoms with Crippen LogP contribution in [0.2, 0.25) is 0 Å². The molecule has 1 N–H and O–H groups in total. The predicted octanol–water partition coefficient (Wildman–Crippen LogP) is -0.121. The lowest BCUT2D eigenvalue weighted by Crippen LogP contribution is -2.55. The number of anilines is 1. The van der Waals surface area contributed by atoms with Gasteiger partial charge in [0, 0.05) is 31.2 Å². The molecule has 0 aromatic carbocycles. The highest BCUT2D eigenvalue weighted by Crippen LogP contribution is 2.19. The maximum atomic E-state index is 11.8. The molecule has 1 fully saturated rings. The minimum Gasteiger partial charge on any atom is -0.464 e. The molecule has 0 spiro atoms. The molecular weight excluding hydrogens is 228 g/mol. The molecule has 1 unspecified atom stereocenters. The number of ether oxygens (including phenoxy) is 1. The molecule has 1 saturated heterocycles. The van der Waals surface area contributed by atoms with Crippen molar-refractivity contribution in [3.8, 4) is 0 Å². The summed E-state index contributed by atoms with van der Waals surface area (Å²) in [6, 6.07) is -0.290. The fourth-order valence-electron chi connectivity index (χ4n) is 1.68. The lowest BCUT2D eigenvalue weighted by Gasteiger charge is -2.33. The molecule has 0 radical (unpaired) electrons. The fourth-order valence-corrected chi connectivity index (χ4v) is 2.28. The number of nitrogens with zero attached hydrogens (tertiary/aromatic N) is 3. The van der Waals surface area contributed by atoms with Crippen LogP contribution in [0.3, 0.4) is 0 Å². The number of carbonyl (C=O) groups is 1.